The molecule has 2 aromatic carbocycles. The summed E-state index contributed by atoms with van der Waals surface area (Å²) >= 11 is 0. The Morgan fingerprint density at radius 1 is 0.900 bits per heavy atom. The molecule has 0 saturated carbocycles. The van der Waals surface area contributed by atoms with E-state index in [0.717, 1.165) is 5.56 Å². The van der Waals surface area contributed by atoms with Gasteiger partial charge >= 0.3 is 0 Å². The van der Waals surface area contributed by atoms with Gasteiger partial charge in [0, 0.05) is 11.1 Å². The Kier molecular flexibility index (Phi) is 3.79. The van der Waals surface area contributed by atoms with E-state index in [0.29, 0.717) is 5.56 Å². The molecule has 0 heterocycles. The van der Waals surface area contributed by atoms with Gasteiger partial charge in [-0.3, -0.25) is 9.59 Å². The molecule has 20 heavy (non-hydrogen) atoms. The molecule has 0 aromatic heterocycles. The Morgan fingerprint density at radius 2 is 1.40 bits per heavy atom. The van der Waals surface area contributed by atoms with Gasteiger partial charge in [0.1, 0.15) is 5.82 Å². The molecule has 0 spiro atoms. The summed E-state index contributed by atoms with van der Waals surface area (Å²) in [6.45, 7) is 0. The standard InChI is InChI=1S/C15H13FN2O2/c16-10-6-4-9(5-7-10)8-13-11(14(17)19)2-1-3-12(13)15(18)20/h1-7H,8H2,(H2,17,19)(H2,18,20). The second-order valence-electron chi connectivity index (χ2n) is 4.36. The number of rotatable bonds is 4. The summed E-state index contributed by atoms with van der Waals surface area (Å²) in [4.78, 5) is 22.9. The van der Waals surface area contributed by atoms with Gasteiger partial charge in [-0.05, 0) is 41.8 Å². The van der Waals surface area contributed by atoms with Gasteiger partial charge in [0.15, 0.2) is 0 Å². The summed E-state index contributed by atoms with van der Waals surface area (Å²) < 4.78 is 12.9. The zero-order valence-corrected chi connectivity index (χ0v) is 10.6. The normalized spacial score (nSPS) is 10.2. The lowest BCUT2D eigenvalue weighted by Gasteiger charge is -2.11. The van der Waals surface area contributed by atoms with Crippen molar-refractivity contribution in [3.8, 4) is 0 Å². The molecular weight excluding hydrogens is 259 g/mol. The molecule has 0 bridgehead atoms. The molecule has 0 unspecified atom stereocenters. The van der Waals surface area contributed by atoms with Gasteiger partial charge in [-0.2, -0.15) is 0 Å². The molecule has 2 aromatic rings. The first kappa shape index (κ1) is 13.7. The van der Waals surface area contributed by atoms with Crippen LogP contribution in [0.25, 0.3) is 0 Å². The van der Waals surface area contributed by atoms with Crippen molar-refractivity contribution in [3.05, 3.63) is 70.5 Å². The Morgan fingerprint density at radius 3 is 1.85 bits per heavy atom. The highest BCUT2D eigenvalue weighted by Crippen LogP contribution is 2.19. The maximum atomic E-state index is 12.9. The highest BCUT2D eigenvalue weighted by molar-refractivity contribution is 6.01. The zero-order valence-electron chi connectivity index (χ0n) is 10.6. The van der Waals surface area contributed by atoms with Crippen LogP contribution in [0.15, 0.2) is 42.5 Å². The lowest BCUT2D eigenvalue weighted by atomic mass is 9.94. The van der Waals surface area contributed by atoms with Gasteiger partial charge < -0.3 is 11.5 Å². The number of amides is 2. The van der Waals surface area contributed by atoms with Gasteiger partial charge in [-0.25, -0.2) is 4.39 Å². The Bertz CT molecular complexity index is 634. The topological polar surface area (TPSA) is 86.2 Å². The molecular formula is C15H13FN2O2. The van der Waals surface area contributed by atoms with E-state index in [4.69, 9.17) is 11.5 Å². The second-order valence-corrected chi connectivity index (χ2v) is 4.36. The smallest absolute Gasteiger partial charge is 0.249 e. The Balaban J connectivity index is 2.50. The number of carbonyl (C=O) groups excluding carboxylic acids is 2. The molecule has 2 amide bonds. The number of nitrogens with two attached hydrogens (primary N) is 2. The Labute approximate surface area is 115 Å². The van der Waals surface area contributed by atoms with E-state index in [9.17, 15) is 14.0 Å². The summed E-state index contributed by atoms with van der Waals surface area (Å²) in [5.41, 5.74) is 12.3. The fourth-order valence-electron chi connectivity index (χ4n) is 2.05. The van der Waals surface area contributed by atoms with Crippen molar-refractivity contribution in [2.24, 2.45) is 11.5 Å². The maximum Gasteiger partial charge on any atom is 0.249 e. The van der Waals surface area contributed by atoms with E-state index in [1.54, 1.807) is 18.2 Å². The first-order valence-corrected chi connectivity index (χ1v) is 5.95. The molecule has 0 atom stereocenters. The monoisotopic (exact) mass is 272 g/mol. The van der Waals surface area contributed by atoms with Crippen LogP contribution < -0.4 is 11.5 Å². The first-order chi connectivity index (χ1) is 9.49. The van der Waals surface area contributed by atoms with E-state index >= 15 is 0 Å². The summed E-state index contributed by atoms with van der Waals surface area (Å²) in [7, 11) is 0. The third-order valence-electron chi connectivity index (χ3n) is 3.00. The number of hydrogen-bond donors (Lipinski definition) is 2. The van der Waals surface area contributed by atoms with Crippen molar-refractivity contribution >= 4 is 11.8 Å². The minimum atomic E-state index is -0.634. The summed E-state index contributed by atoms with van der Waals surface area (Å²) in [5.74, 6) is -1.62. The van der Waals surface area contributed by atoms with Crippen LogP contribution in [0.1, 0.15) is 31.8 Å². The van der Waals surface area contributed by atoms with Crippen molar-refractivity contribution in [1.29, 1.82) is 0 Å². The summed E-state index contributed by atoms with van der Waals surface area (Å²) in [5, 5.41) is 0. The van der Waals surface area contributed by atoms with Crippen molar-refractivity contribution in [3.63, 3.8) is 0 Å². The fraction of sp³-hybridized carbons (Fsp3) is 0.0667. The van der Waals surface area contributed by atoms with Crippen molar-refractivity contribution in [2.75, 3.05) is 0 Å². The third-order valence-corrected chi connectivity index (χ3v) is 3.00. The highest BCUT2D eigenvalue weighted by atomic mass is 19.1. The minimum absolute atomic E-state index is 0.241. The average molecular weight is 272 g/mol. The van der Waals surface area contributed by atoms with Crippen LogP contribution in [0.3, 0.4) is 0 Å². The molecule has 0 aliphatic carbocycles. The fourth-order valence-corrected chi connectivity index (χ4v) is 2.05. The lowest BCUT2D eigenvalue weighted by molar-refractivity contribution is 0.0999. The molecule has 4 nitrogen and oxygen atoms in total. The maximum absolute atomic E-state index is 12.9. The van der Waals surface area contributed by atoms with Gasteiger partial charge in [-0.15, -0.1) is 0 Å². The molecule has 102 valence electrons. The predicted molar refractivity (Wildman–Crippen MR) is 72.7 cm³/mol. The average Bonchev–Trinajstić information content (AvgIpc) is 2.41. The van der Waals surface area contributed by atoms with E-state index in [2.05, 4.69) is 0 Å². The Hall–Kier alpha value is -2.69. The second kappa shape index (κ2) is 5.52. The van der Waals surface area contributed by atoms with E-state index < -0.39 is 11.8 Å². The van der Waals surface area contributed by atoms with Crippen molar-refractivity contribution in [1.82, 2.24) is 0 Å². The van der Waals surface area contributed by atoms with Gasteiger partial charge in [0.25, 0.3) is 0 Å². The number of primary amides is 2. The number of halogens is 1. The summed E-state index contributed by atoms with van der Waals surface area (Å²) in [6, 6.07) is 10.4. The molecule has 0 radical (unpaired) electrons. The van der Waals surface area contributed by atoms with Gasteiger partial charge in [-0.1, -0.05) is 18.2 Å². The molecule has 0 aliphatic heterocycles. The molecule has 5 heteroatoms. The summed E-state index contributed by atoms with van der Waals surface area (Å²) in [6.07, 6.45) is 0.275. The molecule has 0 saturated heterocycles. The van der Waals surface area contributed by atoms with Crippen LogP contribution in [-0.2, 0) is 6.42 Å². The van der Waals surface area contributed by atoms with Crippen LogP contribution >= 0.6 is 0 Å². The molecule has 4 N–H and O–H groups in total. The molecule has 0 fully saturated rings. The molecule has 2 rings (SSSR count). The van der Waals surface area contributed by atoms with Crippen LogP contribution in [0.5, 0.6) is 0 Å². The van der Waals surface area contributed by atoms with Crippen molar-refractivity contribution in [2.45, 2.75) is 6.42 Å². The van der Waals surface area contributed by atoms with Gasteiger partial charge in [0.2, 0.25) is 11.8 Å². The SMILES string of the molecule is NC(=O)c1cccc(C(N)=O)c1Cc1ccc(F)cc1. The van der Waals surface area contributed by atoms with Crippen LogP contribution in [0, 0.1) is 5.82 Å². The number of hydrogen-bond acceptors (Lipinski definition) is 2. The van der Waals surface area contributed by atoms with Crippen LogP contribution in [0.4, 0.5) is 4.39 Å². The molecule has 0 aliphatic rings. The minimum Gasteiger partial charge on any atom is -0.366 e. The van der Waals surface area contributed by atoms with Gasteiger partial charge in [0.05, 0.1) is 0 Å². The first-order valence-electron chi connectivity index (χ1n) is 5.95. The number of benzene rings is 2. The third kappa shape index (κ3) is 2.83. The largest absolute Gasteiger partial charge is 0.366 e. The van der Waals surface area contributed by atoms with E-state index in [-0.39, 0.29) is 23.4 Å². The highest BCUT2D eigenvalue weighted by Gasteiger charge is 2.16. The number of carbonyl (C=O) groups is 2. The van der Waals surface area contributed by atoms with E-state index in [1.165, 1.54) is 24.3 Å². The van der Waals surface area contributed by atoms with Crippen LogP contribution in [0.2, 0.25) is 0 Å². The predicted octanol–water partition coefficient (Wildman–Crippen LogP) is 1.61. The zero-order chi connectivity index (χ0) is 14.7. The van der Waals surface area contributed by atoms with Crippen LogP contribution in [-0.4, -0.2) is 11.8 Å². The lowest BCUT2D eigenvalue weighted by Crippen LogP contribution is -2.20. The quantitative estimate of drug-likeness (QED) is 0.886. The van der Waals surface area contributed by atoms with Crippen molar-refractivity contribution < 1.29 is 14.0 Å². The van der Waals surface area contributed by atoms with E-state index in [1.807, 2.05) is 0 Å².